The maximum Gasteiger partial charge on any atom is 0.337 e. The SMILES string of the molecule is CCCCN(C)C(=O)COC(=O)C1=C(C)NC(C)=C(C(=O)OCC)C1c1ccccc1. The lowest BCUT2D eigenvalue weighted by Gasteiger charge is -2.30. The second-order valence-electron chi connectivity index (χ2n) is 7.51. The molecule has 1 heterocycles. The average Bonchev–Trinajstić information content (AvgIpc) is 2.75. The van der Waals surface area contributed by atoms with Crippen molar-refractivity contribution < 1.29 is 23.9 Å². The van der Waals surface area contributed by atoms with E-state index in [2.05, 4.69) is 5.32 Å². The van der Waals surface area contributed by atoms with E-state index in [0.29, 0.717) is 29.1 Å². The highest BCUT2D eigenvalue weighted by molar-refractivity contribution is 6.00. The van der Waals surface area contributed by atoms with E-state index in [1.807, 2.05) is 37.3 Å². The monoisotopic (exact) mass is 428 g/mol. The number of allylic oxidation sites excluding steroid dienone is 2. The second-order valence-corrected chi connectivity index (χ2v) is 7.51. The molecule has 1 amide bonds. The number of likely N-dealkylation sites (N-methyl/N-ethyl adjacent to an activating group) is 1. The first kappa shape index (κ1) is 24.2. The van der Waals surface area contributed by atoms with Crippen molar-refractivity contribution in [3.8, 4) is 0 Å². The van der Waals surface area contributed by atoms with Gasteiger partial charge in [-0.05, 0) is 32.8 Å². The quantitative estimate of drug-likeness (QED) is 0.608. The summed E-state index contributed by atoms with van der Waals surface area (Å²) >= 11 is 0. The van der Waals surface area contributed by atoms with Gasteiger partial charge in [0.15, 0.2) is 6.61 Å². The van der Waals surface area contributed by atoms with Crippen LogP contribution in [0.2, 0.25) is 0 Å². The van der Waals surface area contributed by atoms with Gasteiger partial charge in [0, 0.05) is 25.0 Å². The van der Waals surface area contributed by atoms with Gasteiger partial charge >= 0.3 is 11.9 Å². The first-order chi connectivity index (χ1) is 14.8. The minimum Gasteiger partial charge on any atom is -0.463 e. The van der Waals surface area contributed by atoms with Gasteiger partial charge in [-0.25, -0.2) is 9.59 Å². The van der Waals surface area contributed by atoms with Gasteiger partial charge in [-0.15, -0.1) is 0 Å². The minimum absolute atomic E-state index is 0.220. The number of benzene rings is 1. The number of ether oxygens (including phenoxy) is 2. The number of carbonyl (C=O) groups excluding carboxylic acids is 3. The molecule has 0 fully saturated rings. The Balaban J connectivity index is 2.32. The van der Waals surface area contributed by atoms with E-state index in [9.17, 15) is 14.4 Å². The average molecular weight is 429 g/mol. The molecule has 0 radical (unpaired) electrons. The maximum atomic E-state index is 13.1. The third kappa shape index (κ3) is 5.96. The van der Waals surface area contributed by atoms with E-state index in [0.717, 1.165) is 18.4 Å². The fraction of sp³-hybridized carbons (Fsp3) is 0.458. The third-order valence-corrected chi connectivity index (χ3v) is 5.21. The van der Waals surface area contributed by atoms with Gasteiger partial charge in [-0.2, -0.15) is 0 Å². The molecular weight excluding hydrogens is 396 g/mol. The Morgan fingerprint density at radius 1 is 0.968 bits per heavy atom. The molecule has 2 rings (SSSR count). The number of carbonyl (C=O) groups is 3. The van der Waals surface area contributed by atoms with Crippen molar-refractivity contribution in [3.05, 3.63) is 58.4 Å². The fourth-order valence-corrected chi connectivity index (χ4v) is 3.56. The number of nitrogens with zero attached hydrogens (tertiary/aromatic N) is 1. The molecule has 0 bridgehead atoms. The van der Waals surface area contributed by atoms with Crippen molar-refractivity contribution in [2.24, 2.45) is 0 Å². The number of rotatable bonds is 9. The van der Waals surface area contributed by atoms with Crippen molar-refractivity contribution in [2.45, 2.75) is 46.5 Å². The van der Waals surface area contributed by atoms with Gasteiger partial charge < -0.3 is 19.7 Å². The summed E-state index contributed by atoms with van der Waals surface area (Å²) in [6, 6.07) is 9.27. The molecule has 1 aromatic rings. The molecule has 7 nitrogen and oxygen atoms in total. The molecule has 0 spiro atoms. The van der Waals surface area contributed by atoms with Crippen LogP contribution in [0.4, 0.5) is 0 Å². The van der Waals surface area contributed by atoms with Crippen molar-refractivity contribution in [1.82, 2.24) is 10.2 Å². The number of hydrogen-bond acceptors (Lipinski definition) is 6. The summed E-state index contributed by atoms with van der Waals surface area (Å²) in [6.07, 6.45) is 1.85. The van der Waals surface area contributed by atoms with Crippen molar-refractivity contribution in [1.29, 1.82) is 0 Å². The molecule has 1 aliphatic heterocycles. The predicted octanol–water partition coefficient (Wildman–Crippen LogP) is 3.29. The molecule has 1 N–H and O–H groups in total. The highest BCUT2D eigenvalue weighted by Crippen LogP contribution is 2.39. The van der Waals surface area contributed by atoms with Crippen LogP contribution in [-0.4, -0.2) is 49.6 Å². The smallest absolute Gasteiger partial charge is 0.337 e. The number of unbranched alkanes of at least 4 members (excludes halogenated alkanes) is 1. The van der Waals surface area contributed by atoms with E-state index in [1.54, 1.807) is 32.7 Å². The van der Waals surface area contributed by atoms with Gasteiger partial charge in [-0.3, -0.25) is 4.79 Å². The van der Waals surface area contributed by atoms with Gasteiger partial charge in [0.05, 0.1) is 23.7 Å². The van der Waals surface area contributed by atoms with E-state index >= 15 is 0 Å². The third-order valence-electron chi connectivity index (χ3n) is 5.21. The molecule has 1 aliphatic rings. The number of amides is 1. The van der Waals surface area contributed by atoms with E-state index in [4.69, 9.17) is 9.47 Å². The number of dihydropyridines is 1. The molecule has 31 heavy (non-hydrogen) atoms. The Kier molecular flexibility index (Phi) is 8.85. The summed E-state index contributed by atoms with van der Waals surface area (Å²) in [5, 5.41) is 3.10. The molecule has 0 saturated heterocycles. The summed E-state index contributed by atoms with van der Waals surface area (Å²) in [5.41, 5.74) is 2.62. The molecule has 1 aromatic carbocycles. The molecule has 7 heteroatoms. The van der Waals surface area contributed by atoms with Crippen LogP contribution in [0.3, 0.4) is 0 Å². The first-order valence-electron chi connectivity index (χ1n) is 10.6. The van der Waals surface area contributed by atoms with Crippen LogP contribution in [0, 0.1) is 0 Å². The summed E-state index contributed by atoms with van der Waals surface area (Å²) in [5.74, 6) is -2.04. The Hall–Kier alpha value is -3.09. The maximum absolute atomic E-state index is 13.1. The predicted molar refractivity (Wildman–Crippen MR) is 118 cm³/mol. The highest BCUT2D eigenvalue weighted by atomic mass is 16.5. The van der Waals surface area contributed by atoms with E-state index in [1.165, 1.54) is 0 Å². The van der Waals surface area contributed by atoms with Crippen molar-refractivity contribution in [2.75, 3.05) is 26.8 Å². The largest absolute Gasteiger partial charge is 0.463 e. The van der Waals surface area contributed by atoms with E-state index in [-0.39, 0.29) is 19.1 Å². The Bertz CT molecular complexity index is 873. The first-order valence-corrected chi connectivity index (χ1v) is 10.6. The molecular formula is C24H32N2O5. The Morgan fingerprint density at radius 3 is 2.10 bits per heavy atom. The number of hydrogen-bond donors (Lipinski definition) is 1. The minimum atomic E-state index is -0.651. The van der Waals surface area contributed by atoms with Crippen LogP contribution in [0.5, 0.6) is 0 Å². The summed E-state index contributed by atoms with van der Waals surface area (Å²) in [4.78, 5) is 39.7. The summed E-state index contributed by atoms with van der Waals surface area (Å²) in [6.45, 7) is 7.79. The van der Waals surface area contributed by atoms with Crippen LogP contribution < -0.4 is 5.32 Å². The molecule has 168 valence electrons. The van der Waals surface area contributed by atoms with Gasteiger partial charge in [0.2, 0.25) is 0 Å². The zero-order chi connectivity index (χ0) is 23.0. The Labute approximate surface area is 184 Å². The van der Waals surface area contributed by atoms with Gasteiger partial charge in [0.1, 0.15) is 0 Å². The second kappa shape index (κ2) is 11.3. The highest BCUT2D eigenvalue weighted by Gasteiger charge is 2.38. The fourth-order valence-electron chi connectivity index (χ4n) is 3.56. The number of esters is 2. The van der Waals surface area contributed by atoms with Crippen molar-refractivity contribution >= 4 is 17.8 Å². The Morgan fingerprint density at radius 2 is 1.55 bits per heavy atom. The molecule has 0 aromatic heterocycles. The molecule has 0 aliphatic carbocycles. The van der Waals surface area contributed by atoms with Crippen LogP contribution in [0.1, 0.15) is 52.0 Å². The summed E-state index contributed by atoms with van der Waals surface area (Å²) in [7, 11) is 1.69. The van der Waals surface area contributed by atoms with Crippen LogP contribution in [0.15, 0.2) is 52.9 Å². The van der Waals surface area contributed by atoms with Crippen LogP contribution in [0.25, 0.3) is 0 Å². The zero-order valence-electron chi connectivity index (χ0n) is 19.0. The summed E-state index contributed by atoms with van der Waals surface area (Å²) < 4.78 is 10.6. The van der Waals surface area contributed by atoms with Crippen LogP contribution in [-0.2, 0) is 23.9 Å². The van der Waals surface area contributed by atoms with Gasteiger partial charge in [-0.1, -0.05) is 43.7 Å². The zero-order valence-corrected chi connectivity index (χ0v) is 19.0. The standard InChI is InChI=1S/C24H32N2O5/c1-6-8-14-26(5)19(27)15-31-24(29)21-17(4)25-16(3)20(23(28)30-7-2)22(21)18-12-10-9-11-13-18/h9-13,22,25H,6-8,14-15H2,1-5H3. The molecule has 0 saturated carbocycles. The van der Waals surface area contributed by atoms with Gasteiger partial charge in [0.25, 0.3) is 5.91 Å². The van der Waals surface area contributed by atoms with Crippen LogP contribution >= 0.6 is 0 Å². The lowest BCUT2D eigenvalue weighted by atomic mass is 9.80. The van der Waals surface area contributed by atoms with Crippen molar-refractivity contribution in [3.63, 3.8) is 0 Å². The lowest BCUT2D eigenvalue weighted by Crippen LogP contribution is -2.35. The topological polar surface area (TPSA) is 84.9 Å². The number of nitrogens with one attached hydrogen (secondary N) is 1. The lowest BCUT2D eigenvalue weighted by molar-refractivity contribution is -0.148. The van der Waals surface area contributed by atoms with E-state index < -0.39 is 17.9 Å². The molecule has 1 unspecified atom stereocenters. The molecule has 1 atom stereocenters. The normalized spacial score (nSPS) is 16.0.